The fourth-order valence-electron chi connectivity index (χ4n) is 3.70. The molecule has 0 bridgehead atoms. The molecule has 0 saturated carbocycles. The Morgan fingerprint density at radius 1 is 1.31 bits per heavy atom. The molecule has 1 saturated heterocycles. The van der Waals surface area contributed by atoms with Crippen LogP contribution in [0.3, 0.4) is 0 Å². The second-order valence-electron chi connectivity index (χ2n) is 7.89. The molecule has 2 amide bonds. The summed E-state index contributed by atoms with van der Waals surface area (Å²) in [4.78, 5) is 31.6. The van der Waals surface area contributed by atoms with Crippen LogP contribution in [0, 0.1) is 12.8 Å². The Labute approximate surface area is 171 Å². The number of carbonyl (C=O) groups excluding carboxylic acids is 2. The van der Waals surface area contributed by atoms with E-state index in [-0.39, 0.29) is 42.5 Å². The molecule has 1 aliphatic rings. The minimum absolute atomic E-state index is 0.0349. The highest BCUT2D eigenvalue weighted by atomic mass is 16.4. The number of nitrogens with zero attached hydrogens (tertiary/aromatic N) is 2. The van der Waals surface area contributed by atoms with Gasteiger partial charge in [0.25, 0.3) is 5.91 Å². The van der Waals surface area contributed by atoms with E-state index in [1.807, 2.05) is 44.2 Å². The van der Waals surface area contributed by atoms with E-state index in [1.54, 1.807) is 11.8 Å². The van der Waals surface area contributed by atoms with Gasteiger partial charge in [-0.1, -0.05) is 44.2 Å². The zero-order chi connectivity index (χ0) is 21.0. The number of hydrogen-bond acceptors (Lipinski definition) is 5. The predicted molar refractivity (Wildman–Crippen MR) is 108 cm³/mol. The van der Waals surface area contributed by atoms with Crippen LogP contribution in [0.2, 0.25) is 0 Å². The molecule has 0 spiro atoms. The first-order valence-corrected chi connectivity index (χ1v) is 10.1. The monoisotopic (exact) mass is 399 g/mol. The minimum atomic E-state index is -0.432. The molecule has 0 aliphatic carbocycles. The number of rotatable bonds is 7. The van der Waals surface area contributed by atoms with Gasteiger partial charge in [-0.2, -0.15) is 0 Å². The van der Waals surface area contributed by atoms with Gasteiger partial charge in [-0.3, -0.25) is 9.59 Å². The summed E-state index contributed by atoms with van der Waals surface area (Å²) in [6, 6.07) is 8.92. The third-order valence-electron chi connectivity index (χ3n) is 5.32. The lowest BCUT2D eigenvalue weighted by Crippen LogP contribution is -2.38. The molecular weight excluding hydrogens is 370 g/mol. The predicted octanol–water partition coefficient (Wildman–Crippen LogP) is 2.64. The molecule has 2 aromatic rings. The zero-order valence-corrected chi connectivity index (χ0v) is 17.2. The maximum absolute atomic E-state index is 12.9. The van der Waals surface area contributed by atoms with Crippen molar-refractivity contribution in [3.63, 3.8) is 0 Å². The molecule has 0 unspecified atom stereocenters. The number of aryl methyl sites for hydroxylation is 1. The van der Waals surface area contributed by atoms with Gasteiger partial charge in [0, 0.05) is 6.54 Å². The number of nitrogens with one attached hydrogen (secondary N) is 1. The normalized spacial score (nSPS) is 17.6. The highest BCUT2D eigenvalue weighted by Crippen LogP contribution is 2.26. The Kier molecular flexibility index (Phi) is 6.69. The Morgan fingerprint density at radius 3 is 2.69 bits per heavy atom. The summed E-state index contributed by atoms with van der Waals surface area (Å²) in [5.41, 5.74) is 1.18. The lowest BCUT2D eigenvalue weighted by molar-refractivity contribution is -0.121. The molecule has 1 fully saturated rings. The van der Waals surface area contributed by atoms with Crippen LogP contribution < -0.4 is 5.32 Å². The number of benzene rings is 1. The van der Waals surface area contributed by atoms with Crippen molar-refractivity contribution >= 4 is 11.8 Å². The van der Waals surface area contributed by atoms with Gasteiger partial charge in [-0.15, -0.1) is 0 Å². The lowest BCUT2D eigenvalue weighted by Gasteiger charge is -2.22. The molecule has 1 aliphatic heterocycles. The largest absolute Gasteiger partial charge is 0.443 e. The number of aliphatic hydroxyl groups excluding tert-OH is 1. The average Bonchev–Trinajstić information content (AvgIpc) is 3.32. The highest BCUT2D eigenvalue weighted by molar-refractivity contribution is 5.93. The van der Waals surface area contributed by atoms with E-state index in [0.29, 0.717) is 18.2 Å². The summed E-state index contributed by atoms with van der Waals surface area (Å²) in [7, 11) is 0. The maximum Gasteiger partial charge on any atom is 0.276 e. The molecule has 2 heterocycles. The van der Waals surface area contributed by atoms with E-state index < -0.39 is 6.04 Å². The molecule has 29 heavy (non-hydrogen) atoms. The van der Waals surface area contributed by atoms with Crippen LogP contribution in [-0.4, -0.2) is 46.0 Å². The molecule has 1 aromatic heterocycles. The molecule has 156 valence electrons. The molecule has 1 aromatic carbocycles. The minimum Gasteiger partial charge on any atom is -0.443 e. The summed E-state index contributed by atoms with van der Waals surface area (Å²) in [5.74, 6) is 0.442. The van der Waals surface area contributed by atoms with E-state index in [9.17, 15) is 14.7 Å². The van der Waals surface area contributed by atoms with E-state index in [2.05, 4.69) is 10.3 Å². The number of oxazole rings is 1. The first kappa shape index (κ1) is 21.0. The van der Waals surface area contributed by atoms with Gasteiger partial charge in [-0.05, 0) is 31.2 Å². The fourth-order valence-corrected chi connectivity index (χ4v) is 3.70. The van der Waals surface area contributed by atoms with Crippen molar-refractivity contribution in [2.24, 2.45) is 5.92 Å². The van der Waals surface area contributed by atoms with Crippen LogP contribution in [0.15, 0.2) is 34.7 Å². The topological polar surface area (TPSA) is 95.7 Å². The third kappa shape index (κ3) is 4.85. The lowest BCUT2D eigenvalue weighted by atomic mass is 10.0. The summed E-state index contributed by atoms with van der Waals surface area (Å²) in [6.07, 6.45) is 1.92. The van der Waals surface area contributed by atoms with Crippen molar-refractivity contribution in [1.82, 2.24) is 15.2 Å². The van der Waals surface area contributed by atoms with Crippen LogP contribution >= 0.6 is 0 Å². The zero-order valence-electron chi connectivity index (χ0n) is 17.2. The molecule has 2 N–H and O–H groups in total. The quantitative estimate of drug-likeness (QED) is 0.746. The van der Waals surface area contributed by atoms with Crippen molar-refractivity contribution in [3.8, 4) is 0 Å². The Hall–Kier alpha value is -2.67. The standard InChI is InChI=1S/C22H29N3O4/c1-14(2)19(23-18(27)12-16-8-5-4-6-9-16)21-24-20(15(3)29-21)22(28)25-11-7-10-17(25)13-26/h4-6,8-9,14,17,19,26H,7,10-13H2,1-3H3,(H,23,27)/t17-,19+/m0/s1. The molecule has 3 rings (SSSR count). The maximum atomic E-state index is 12.9. The van der Waals surface area contributed by atoms with Crippen LogP contribution in [0.5, 0.6) is 0 Å². The van der Waals surface area contributed by atoms with Gasteiger partial charge in [0.2, 0.25) is 11.8 Å². The summed E-state index contributed by atoms with van der Waals surface area (Å²) in [5, 5.41) is 12.5. The van der Waals surface area contributed by atoms with Crippen molar-refractivity contribution in [1.29, 1.82) is 0 Å². The SMILES string of the molecule is Cc1oc([C@H](NC(=O)Cc2ccccc2)C(C)C)nc1C(=O)N1CCC[C@H]1CO. The number of hydrogen-bond donors (Lipinski definition) is 2. The van der Waals surface area contributed by atoms with E-state index >= 15 is 0 Å². The fraction of sp³-hybridized carbons (Fsp3) is 0.500. The first-order chi connectivity index (χ1) is 13.9. The Morgan fingerprint density at radius 2 is 2.03 bits per heavy atom. The van der Waals surface area contributed by atoms with Crippen LogP contribution in [0.4, 0.5) is 0 Å². The number of amides is 2. The second-order valence-corrected chi connectivity index (χ2v) is 7.89. The van der Waals surface area contributed by atoms with Gasteiger partial charge >= 0.3 is 0 Å². The van der Waals surface area contributed by atoms with Crippen molar-refractivity contribution in [2.45, 2.75) is 52.1 Å². The summed E-state index contributed by atoms with van der Waals surface area (Å²) < 4.78 is 5.80. The van der Waals surface area contributed by atoms with Crippen LogP contribution in [-0.2, 0) is 11.2 Å². The number of likely N-dealkylation sites (tertiary alicyclic amines) is 1. The van der Waals surface area contributed by atoms with Gasteiger partial charge in [0.1, 0.15) is 11.8 Å². The molecule has 7 nitrogen and oxygen atoms in total. The Bertz CT molecular complexity index is 847. The molecule has 0 radical (unpaired) electrons. The summed E-state index contributed by atoms with van der Waals surface area (Å²) in [6.45, 7) is 6.19. The van der Waals surface area contributed by atoms with Crippen molar-refractivity contribution in [2.75, 3.05) is 13.2 Å². The van der Waals surface area contributed by atoms with E-state index in [4.69, 9.17) is 4.42 Å². The van der Waals surface area contributed by atoms with Gasteiger partial charge in [0.05, 0.1) is 19.1 Å². The number of aliphatic hydroxyl groups is 1. The first-order valence-electron chi connectivity index (χ1n) is 10.1. The Balaban J connectivity index is 1.75. The van der Waals surface area contributed by atoms with Gasteiger partial charge < -0.3 is 19.7 Å². The smallest absolute Gasteiger partial charge is 0.276 e. The summed E-state index contributed by atoms with van der Waals surface area (Å²) >= 11 is 0. The van der Waals surface area contributed by atoms with Gasteiger partial charge in [-0.25, -0.2) is 4.98 Å². The van der Waals surface area contributed by atoms with Crippen molar-refractivity contribution < 1.29 is 19.1 Å². The van der Waals surface area contributed by atoms with E-state index in [1.165, 1.54) is 0 Å². The molecule has 2 atom stereocenters. The molecular formula is C22H29N3O4. The van der Waals surface area contributed by atoms with Crippen LogP contribution in [0.25, 0.3) is 0 Å². The van der Waals surface area contributed by atoms with Crippen LogP contribution in [0.1, 0.15) is 60.4 Å². The average molecular weight is 399 g/mol. The third-order valence-corrected chi connectivity index (χ3v) is 5.32. The van der Waals surface area contributed by atoms with Crippen molar-refractivity contribution in [3.05, 3.63) is 53.2 Å². The number of aromatic nitrogens is 1. The molecule has 7 heteroatoms. The number of carbonyl (C=O) groups is 2. The second kappa shape index (κ2) is 9.22. The van der Waals surface area contributed by atoms with E-state index in [0.717, 1.165) is 18.4 Å². The van der Waals surface area contributed by atoms with Gasteiger partial charge in [0.15, 0.2) is 5.69 Å². The highest BCUT2D eigenvalue weighted by Gasteiger charge is 2.33.